The zero-order valence-electron chi connectivity index (χ0n) is 9.12. The Hall–Kier alpha value is -0.190. The van der Waals surface area contributed by atoms with Gasteiger partial charge in [0.2, 0.25) is 0 Å². The van der Waals surface area contributed by atoms with E-state index in [1.807, 2.05) is 0 Å². The van der Waals surface area contributed by atoms with E-state index >= 15 is 0 Å². The first kappa shape index (κ1) is 12.9. The topological polar surface area (TPSA) is 20.3 Å². The summed E-state index contributed by atoms with van der Waals surface area (Å²) >= 11 is 5.23. The minimum Gasteiger partial charge on any atom is -0.306 e. The molecule has 4 heteroatoms. The Labute approximate surface area is 103 Å². The summed E-state index contributed by atoms with van der Waals surface area (Å²) in [7, 11) is 2.06. The van der Waals surface area contributed by atoms with Crippen molar-refractivity contribution in [2.75, 3.05) is 20.1 Å². The van der Waals surface area contributed by atoms with Gasteiger partial charge in [-0.25, -0.2) is 0 Å². The van der Waals surface area contributed by atoms with Crippen LogP contribution in [0.2, 0.25) is 0 Å². The number of rotatable bonds is 6. The van der Waals surface area contributed by atoms with Crippen LogP contribution in [0.4, 0.5) is 0 Å². The number of carbonyl (C=O) groups excluding carboxylic acids is 1. The van der Waals surface area contributed by atoms with Crippen molar-refractivity contribution < 1.29 is 4.79 Å². The Kier molecular flexibility index (Phi) is 5.50. The smallest absolute Gasteiger partial charge is 0.131 e. The molecule has 0 bridgehead atoms. The predicted octanol–water partition coefficient (Wildman–Crippen LogP) is 2.96. The third-order valence-corrected chi connectivity index (χ3v) is 3.90. The number of ketones is 1. The van der Waals surface area contributed by atoms with Gasteiger partial charge >= 0.3 is 0 Å². The molecular weight excluding hydrogens is 274 g/mol. The van der Waals surface area contributed by atoms with Gasteiger partial charge < -0.3 is 4.90 Å². The first-order valence-corrected chi connectivity index (χ1v) is 6.61. The van der Waals surface area contributed by atoms with E-state index in [1.54, 1.807) is 18.3 Å². The highest BCUT2D eigenvalue weighted by molar-refractivity contribution is 9.11. The molecule has 0 radical (unpaired) electrons. The molecule has 1 rings (SSSR count). The van der Waals surface area contributed by atoms with Crippen LogP contribution in [-0.4, -0.2) is 30.8 Å². The summed E-state index contributed by atoms with van der Waals surface area (Å²) in [5, 5.41) is 0. The highest BCUT2D eigenvalue weighted by Crippen LogP contribution is 2.22. The largest absolute Gasteiger partial charge is 0.306 e. The van der Waals surface area contributed by atoms with E-state index in [-0.39, 0.29) is 5.78 Å². The molecule has 0 spiro atoms. The van der Waals surface area contributed by atoms with Crippen molar-refractivity contribution >= 4 is 33.0 Å². The van der Waals surface area contributed by atoms with E-state index in [9.17, 15) is 4.79 Å². The van der Waals surface area contributed by atoms with Crippen molar-refractivity contribution in [3.63, 3.8) is 0 Å². The van der Waals surface area contributed by atoms with Gasteiger partial charge in [-0.05, 0) is 48.5 Å². The normalized spacial score (nSPS) is 10.9. The second-order valence-electron chi connectivity index (χ2n) is 3.71. The van der Waals surface area contributed by atoms with Crippen molar-refractivity contribution in [2.24, 2.45) is 0 Å². The van der Waals surface area contributed by atoms with Gasteiger partial charge in [0.05, 0.1) is 3.79 Å². The van der Waals surface area contributed by atoms with Crippen LogP contribution >= 0.6 is 27.3 Å². The number of halogens is 1. The average molecular weight is 290 g/mol. The monoisotopic (exact) mass is 289 g/mol. The lowest BCUT2D eigenvalue weighted by atomic mass is 10.3. The van der Waals surface area contributed by atoms with Crippen molar-refractivity contribution in [1.82, 2.24) is 4.90 Å². The summed E-state index contributed by atoms with van der Waals surface area (Å²) < 4.78 is 1.18. The predicted molar refractivity (Wildman–Crippen MR) is 68.5 cm³/mol. The van der Waals surface area contributed by atoms with Gasteiger partial charge in [-0.3, -0.25) is 4.79 Å². The maximum Gasteiger partial charge on any atom is 0.131 e. The first-order valence-electron chi connectivity index (χ1n) is 5.00. The summed E-state index contributed by atoms with van der Waals surface area (Å²) in [6.45, 7) is 3.52. The van der Waals surface area contributed by atoms with Crippen LogP contribution < -0.4 is 0 Å². The third kappa shape index (κ3) is 5.44. The molecule has 0 unspecified atom stereocenters. The van der Waals surface area contributed by atoms with Crippen LogP contribution in [0.5, 0.6) is 0 Å². The second-order valence-corrected chi connectivity index (χ2v) is 6.26. The molecule has 84 valence electrons. The third-order valence-electron chi connectivity index (χ3n) is 2.21. The zero-order chi connectivity index (χ0) is 11.3. The second kappa shape index (κ2) is 6.40. The van der Waals surface area contributed by atoms with Crippen molar-refractivity contribution in [3.05, 3.63) is 20.8 Å². The van der Waals surface area contributed by atoms with E-state index in [4.69, 9.17) is 0 Å². The fourth-order valence-corrected chi connectivity index (χ4v) is 2.72. The Morgan fingerprint density at radius 2 is 2.20 bits per heavy atom. The van der Waals surface area contributed by atoms with E-state index in [0.717, 1.165) is 19.5 Å². The minimum absolute atomic E-state index is 0.265. The van der Waals surface area contributed by atoms with Crippen LogP contribution in [0.3, 0.4) is 0 Å². The molecule has 0 amide bonds. The standard InChI is InChI=1S/C11H16BrNOS/c1-9(14)5-7-13(2)8-6-10-3-4-11(12)15-10/h3-4H,5-8H2,1-2H3. The maximum atomic E-state index is 10.8. The lowest BCUT2D eigenvalue weighted by molar-refractivity contribution is -0.117. The molecule has 0 fully saturated rings. The van der Waals surface area contributed by atoms with Crippen LogP contribution in [-0.2, 0) is 11.2 Å². The number of nitrogens with zero attached hydrogens (tertiary/aromatic N) is 1. The minimum atomic E-state index is 0.265. The van der Waals surface area contributed by atoms with Gasteiger partial charge in [0.15, 0.2) is 0 Å². The van der Waals surface area contributed by atoms with Crippen molar-refractivity contribution in [3.8, 4) is 0 Å². The Morgan fingerprint density at radius 1 is 1.47 bits per heavy atom. The fourth-order valence-electron chi connectivity index (χ4n) is 1.25. The summed E-state index contributed by atoms with van der Waals surface area (Å²) in [6.07, 6.45) is 1.72. The Morgan fingerprint density at radius 3 is 2.73 bits per heavy atom. The summed E-state index contributed by atoms with van der Waals surface area (Å²) in [5.41, 5.74) is 0. The molecule has 1 heterocycles. The number of thiophene rings is 1. The lowest BCUT2D eigenvalue weighted by Crippen LogP contribution is -2.23. The molecule has 2 nitrogen and oxygen atoms in total. The number of carbonyl (C=O) groups is 1. The quantitative estimate of drug-likeness (QED) is 0.803. The van der Waals surface area contributed by atoms with E-state index in [1.165, 1.54) is 8.66 Å². The summed E-state index contributed by atoms with van der Waals surface area (Å²) in [5.74, 6) is 0.265. The molecule has 0 atom stereocenters. The van der Waals surface area contributed by atoms with E-state index < -0.39 is 0 Å². The van der Waals surface area contributed by atoms with Crippen LogP contribution in [0.15, 0.2) is 15.9 Å². The van der Waals surface area contributed by atoms with Crippen LogP contribution in [0.25, 0.3) is 0 Å². The lowest BCUT2D eigenvalue weighted by Gasteiger charge is -2.14. The van der Waals surface area contributed by atoms with Gasteiger partial charge in [-0.15, -0.1) is 11.3 Å². The summed E-state index contributed by atoms with van der Waals surface area (Å²) in [4.78, 5) is 14.4. The molecule has 1 aromatic rings. The number of likely N-dealkylation sites (N-methyl/N-ethyl adjacent to an activating group) is 1. The van der Waals surface area contributed by atoms with Gasteiger partial charge in [-0.2, -0.15) is 0 Å². The molecular formula is C11H16BrNOS. The number of hydrogen-bond acceptors (Lipinski definition) is 3. The molecule has 1 aromatic heterocycles. The van der Waals surface area contributed by atoms with Crippen LogP contribution in [0.1, 0.15) is 18.2 Å². The maximum absolute atomic E-state index is 10.8. The molecule has 15 heavy (non-hydrogen) atoms. The van der Waals surface area contributed by atoms with E-state index in [0.29, 0.717) is 6.42 Å². The average Bonchev–Trinajstić information content (AvgIpc) is 2.58. The van der Waals surface area contributed by atoms with Gasteiger partial charge in [0.1, 0.15) is 5.78 Å². The number of Topliss-reactive ketones (excluding diaryl/α,β-unsaturated/α-hetero) is 1. The molecule has 0 aliphatic carbocycles. The summed E-state index contributed by atoms with van der Waals surface area (Å²) in [6, 6.07) is 4.23. The molecule has 0 aliphatic rings. The SMILES string of the molecule is CC(=O)CCN(C)CCc1ccc(Br)s1. The number of hydrogen-bond donors (Lipinski definition) is 0. The zero-order valence-corrected chi connectivity index (χ0v) is 11.5. The molecule has 0 aromatic carbocycles. The van der Waals surface area contributed by atoms with Gasteiger partial charge in [0, 0.05) is 24.4 Å². The Bertz CT molecular complexity index is 324. The van der Waals surface area contributed by atoms with Gasteiger partial charge in [0.25, 0.3) is 0 Å². The molecule has 0 saturated heterocycles. The van der Waals surface area contributed by atoms with Crippen molar-refractivity contribution in [2.45, 2.75) is 19.8 Å². The van der Waals surface area contributed by atoms with Crippen LogP contribution in [0, 0.1) is 0 Å². The molecule has 0 N–H and O–H groups in total. The highest BCUT2D eigenvalue weighted by atomic mass is 79.9. The first-order chi connectivity index (χ1) is 7.08. The Balaban J connectivity index is 2.22. The van der Waals surface area contributed by atoms with E-state index in [2.05, 4.69) is 40.0 Å². The molecule has 0 aliphatic heterocycles. The van der Waals surface area contributed by atoms with Crippen molar-refractivity contribution in [1.29, 1.82) is 0 Å². The van der Waals surface area contributed by atoms with Gasteiger partial charge in [-0.1, -0.05) is 0 Å². The fraction of sp³-hybridized carbons (Fsp3) is 0.545. The molecule has 0 saturated carbocycles. The highest BCUT2D eigenvalue weighted by Gasteiger charge is 2.02.